The van der Waals surface area contributed by atoms with E-state index >= 15 is 0 Å². The molecule has 2 heterocycles. The third kappa shape index (κ3) is 2.75. The lowest BCUT2D eigenvalue weighted by Crippen LogP contribution is -2.37. The fourth-order valence-corrected chi connectivity index (χ4v) is 2.75. The maximum Gasteiger partial charge on any atom is 0.227 e. The van der Waals surface area contributed by atoms with E-state index in [-0.39, 0.29) is 5.78 Å². The number of benzene rings is 2. The molecule has 23 heavy (non-hydrogen) atoms. The van der Waals surface area contributed by atoms with Crippen molar-refractivity contribution in [1.82, 2.24) is 0 Å². The summed E-state index contributed by atoms with van der Waals surface area (Å²) >= 11 is 0. The van der Waals surface area contributed by atoms with E-state index in [0.717, 1.165) is 10.8 Å². The molecule has 0 N–H and O–H groups in total. The lowest BCUT2D eigenvalue weighted by molar-refractivity contribution is -0.681. The van der Waals surface area contributed by atoms with Crippen LogP contribution in [-0.2, 0) is 6.54 Å². The highest BCUT2D eigenvalue weighted by molar-refractivity contribution is 5.95. The molecule has 4 nitrogen and oxygen atoms in total. The molecule has 0 amide bonds. The van der Waals surface area contributed by atoms with Crippen molar-refractivity contribution in [1.29, 1.82) is 0 Å². The van der Waals surface area contributed by atoms with Crippen molar-refractivity contribution in [3.05, 3.63) is 66.5 Å². The normalized spacial score (nSPS) is 13.0. The van der Waals surface area contributed by atoms with Gasteiger partial charge in [-0.3, -0.25) is 4.79 Å². The molecule has 0 saturated carbocycles. The number of carbonyl (C=O) groups is 1. The maximum absolute atomic E-state index is 12.5. The van der Waals surface area contributed by atoms with Gasteiger partial charge in [-0.2, -0.15) is 4.57 Å². The van der Waals surface area contributed by atoms with Crippen LogP contribution in [-0.4, -0.2) is 19.0 Å². The molecule has 114 valence electrons. The summed E-state index contributed by atoms with van der Waals surface area (Å²) < 4.78 is 12.9. The van der Waals surface area contributed by atoms with Crippen LogP contribution in [0.4, 0.5) is 0 Å². The van der Waals surface area contributed by atoms with Crippen LogP contribution in [0, 0.1) is 0 Å². The molecule has 0 unspecified atom stereocenters. The molecule has 4 rings (SSSR count). The lowest BCUT2D eigenvalue weighted by atomic mass is 10.1. The van der Waals surface area contributed by atoms with Crippen molar-refractivity contribution >= 4 is 16.6 Å². The monoisotopic (exact) mass is 306 g/mol. The molecule has 0 aliphatic carbocycles. The molecule has 0 atom stereocenters. The van der Waals surface area contributed by atoms with Crippen LogP contribution in [0.25, 0.3) is 10.8 Å². The first kappa shape index (κ1) is 13.8. The zero-order valence-electron chi connectivity index (χ0n) is 12.6. The van der Waals surface area contributed by atoms with Crippen LogP contribution in [0.1, 0.15) is 10.4 Å². The SMILES string of the molecule is O=C(C[n+]1ccc2ccccc2c1)c1ccc2c(c1)OCCO2. The van der Waals surface area contributed by atoms with Gasteiger partial charge in [0.1, 0.15) is 13.2 Å². The number of rotatable bonds is 3. The third-order valence-corrected chi connectivity index (χ3v) is 3.94. The fraction of sp³-hybridized carbons (Fsp3) is 0.158. The predicted molar refractivity (Wildman–Crippen MR) is 85.9 cm³/mol. The van der Waals surface area contributed by atoms with Gasteiger partial charge in [0.15, 0.2) is 23.9 Å². The maximum atomic E-state index is 12.5. The van der Waals surface area contributed by atoms with Crippen LogP contribution < -0.4 is 14.0 Å². The van der Waals surface area contributed by atoms with Gasteiger partial charge in [-0.1, -0.05) is 18.2 Å². The zero-order valence-corrected chi connectivity index (χ0v) is 12.6. The highest BCUT2D eigenvalue weighted by Crippen LogP contribution is 2.30. The molecule has 3 aromatic rings. The van der Waals surface area contributed by atoms with E-state index < -0.39 is 0 Å². The van der Waals surface area contributed by atoms with Crippen molar-refractivity contribution in [2.45, 2.75) is 6.54 Å². The minimum Gasteiger partial charge on any atom is -0.486 e. The van der Waals surface area contributed by atoms with Crippen LogP contribution in [0.5, 0.6) is 11.5 Å². The zero-order chi connectivity index (χ0) is 15.6. The summed E-state index contributed by atoms with van der Waals surface area (Å²) in [5.41, 5.74) is 0.634. The summed E-state index contributed by atoms with van der Waals surface area (Å²) in [5, 5.41) is 2.28. The van der Waals surface area contributed by atoms with E-state index in [2.05, 4.69) is 6.07 Å². The number of hydrogen-bond donors (Lipinski definition) is 0. The van der Waals surface area contributed by atoms with Crippen LogP contribution in [0.15, 0.2) is 60.9 Å². The van der Waals surface area contributed by atoms with Gasteiger partial charge in [0.25, 0.3) is 0 Å². The van der Waals surface area contributed by atoms with Crippen molar-refractivity contribution in [3.8, 4) is 11.5 Å². The quantitative estimate of drug-likeness (QED) is 0.552. The fourth-order valence-electron chi connectivity index (χ4n) is 2.75. The molecular formula is C19H16NO3+. The minimum atomic E-state index is 0.0438. The smallest absolute Gasteiger partial charge is 0.227 e. The van der Waals surface area contributed by atoms with E-state index in [1.165, 1.54) is 0 Å². The molecule has 4 heteroatoms. The summed E-state index contributed by atoms with van der Waals surface area (Å²) in [4.78, 5) is 12.5. The van der Waals surface area contributed by atoms with Gasteiger partial charge in [0.05, 0.1) is 0 Å². The first-order valence-electron chi connectivity index (χ1n) is 7.60. The molecule has 1 aliphatic heterocycles. The number of aromatic nitrogens is 1. The summed E-state index contributed by atoms with van der Waals surface area (Å²) in [6.45, 7) is 1.36. The Kier molecular flexibility index (Phi) is 3.42. The van der Waals surface area contributed by atoms with E-state index in [9.17, 15) is 4.79 Å². The second kappa shape index (κ2) is 5.72. The second-order valence-corrected chi connectivity index (χ2v) is 5.53. The number of fused-ring (bicyclic) bond motifs is 2. The van der Waals surface area contributed by atoms with Crippen molar-refractivity contribution in [3.63, 3.8) is 0 Å². The first-order valence-corrected chi connectivity index (χ1v) is 7.60. The summed E-state index contributed by atoms with van der Waals surface area (Å²) in [6, 6.07) is 15.5. The second-order valence-electron chi connectivity index (χ2n) is 5.53. The average molecular weight is 306 g/mol. The Labute approximate surface area is 133 Å². The Bertz CT molecular complexity index is 889. The van der Waals surface area contributed by atoms with Gasteiger partial charge in [-0.15, -0.1) is 0 Å². The molecular weight excluding hydrogens is 290 g/mol. The summed E-state index contributed by atoms with van der Waals surface area (Å²) in [5.74, 6) is 1.39. The first-order chi connectivity index (χ1) is 11.3. The van der Waals surface area contributed by atoms with Gasteiger partial charge < -0.3 is 9.47 Å². The van der Waals surface area contributed by atoms with E-state index in [0.29, 0.717) is 36.8 Å². The average Bonchev–Trinajstić information content (AvgIpc) is 2.61. The highest BCUT2D eigenvalue weighted by Gasteiger charge is 2.17. The van der Waals surface area contributed by atoms with Gasteiger partial charge in [0, 0.05) is 17.0 Å². The van der Waals surface area contributed by atoms with Crippen LogP contribution in [0.3, 0.4) is 0 Å². The number of nitrogens with zero attached hydrogens (tertiary/aromatic N) is 1. The predicted octanol–water partition coefficient (Wildman–Crippen LogP) is 2.78. The van der Waals surface area contributed by atoms with Crippen molar-refractivity contribution < 1.29 is 18.8 Å². The Balaban J connectivity index is 1.59. The number of ketones is 1. The van der Waals surface area contributed by atoms with Gasteiger partial charge >= 0.3 is 0 Å². The number of Topliss-reactive ketones (excluding diaryl/α,β-unsaturated/α-hetero) is 1. The van der Waals surface area contributed by atoms with Gasteiger partial charge in [-0.05, 0) is 29.7 Å². The molecule has 0 saturated heterocycles. The topological polar surface area (TPSA) is 39.4 Å². The third-order valence-electron chi connectivity index (χ3n) is 3.94. The molecule has 0 fully saturated rings. The van der Waals surface area contributed by atoms with Crippen molar-refractivity contribution in [2.75, 3.05) is 13.2 Å². The van der Waals surface area contributed by atoms with Crippen LogP contribution in [0.2, 0.25) is 0 Å². The molecule has 0 radical (unpaired) electrons. The minimum absolute atomic E-state index is 0.0438. The molecule has 1 aliphatic rings. The Morgan fingerprint density at radius 3 is 2.61 bits per heavy atom. The molecule has 1 aromatic heterocycles. The molecule has 2 aromatic carbocycles. The largest absolute Gasteiger partial charge is 0.486 e. The van der Waals surface area contributed by atoms with Crippen molar-refractivity contribution in [2.24, 2.45) is 0 Å². The van der Waals surface area contributed by atoms with E-state index in [1.807, 2.05) is 41.2 Å². The summed E-state index contributed by atoms with van der Waals surface area (Å²) in [7, 11) is 0. The Morgan fingerprint density at radius 2 is 1.74 bits per heavy atom. The standard InChI is InChI=1S/C19H16NO3/c21-17(15-5-6-18-19(11-15)23-10-9-22-18)13-20-8-7-14-3-1-2-4-16(14)12-20/h1-8,11-12H,9-10,13H2/q+1. The van der Waals surface area contributed by atoms with Crippen LogP contribution >= 0.6 is 0 Å². The number of pyridine rings is 1. The Hall–Kier alpha value is -2.88. The number of ether oxygens (including phenoxy) is 2. The highest BCUT2D eigenvalue weighted by atomic mass is 16.6. The van der Waals surface area contributed by atoms with E-state index in [4.69, 9.17) is 9.47 Å². The number of carbonyl (C=O) groups excluding carboxylic acids is 1. The van der Waals surface area contributed by atoms with Gasteiger partial charge in [-0.25, -0.2) is 0 Å². The molecule has 0 bridgehead atoms. The Morgan fingerprint density at radius 1 is 0.957 bits per heavy atom. The molecule has 0 spiro atoms. The number of hydrogen-bond acceptors (Lipinski definition) is 3. The van der Waals surface area contributed by atoms with E-state index in [1.54, 1.807) is 18.2 Å². The summed E-state index contributed by atoms with van der Waals surface area (Å²) in [6.07, 6.45) is 3.92. The lowest BCUT2D eigenvalue weighted by Gasteiger charge is -2.18. The van der Waals surface area contributed by atoms with Gasteiger partial charge in [0.2, 0.25) is 12.3 Å².